The van der Waals surface area contributed by atoms with Crippen LogP contribution in [0.1, 0.15) is 112 Å². The third-order valence-corrected chi connectivity index (χ3v) is 10.9. The van der Waals surface area contributed by atoms with Gasteiger partial charge in [0.05, 0.1) is 6.10 Å². The molecule has 0 radical (unpaired) electrons. The minimum atomic E-state index is 0.237. The summed E-state index contributed by atoms with van der Waals surface area (Å²) in [6.07, 6.45) is 16.9. The Balaban J connectivity index is 1.45. The van der Waals surface area contributed by atoms with Crippen LogP contribution in [-0.4, -0.2) is 18.5 Å². The number of carbonyl (C=O) groups excluding carboxylic acids is 1. The maximum atomic E-state index is 11.7. The molecule has 0 N–H and O–H groups in total. The zero-order chi connectivity index (χ0) is 23.1. The first-order chi connectivity index (χ1) is 15.2. The summed E-state index contributed by atoms with van der Waals surface area (Å²) in [6.45, 7) is 14.8. The molecule has 0 aliphatic heterocycles. The second kappa shape index (κ2) is 9.55. The molecule has 0 spiro atoms. The summed E-state index contributed by atoms with van der Waals surface area (Å²) < 4.78 is 6.04. The molecule has 2 nitrogen and oxygen atoms in total. The van der Waals surface area contributed by atoms with Crippen LogP contribution in [0.15, 0.2) is 11.6 Å². The van der Waals surface area contributed by atoms with Crippen LogP contribution in [0.4, 0.5) is 0 Å². The van der Waals surface area contributed by atoms with Crippen molar-refractivity contribution < 1.29 is 9.53 Å². The van der Waals surface area contributed by atoms with E-state index in [1.54, 1.807) is 5.57 Å². The second-order valence-electron chi connectivity index (χ2n) is 13.0. The molecule has 4 aliphatic rings. The molecule has 3 saturated carbocycles. The largest absolute Gasteiger partial charge is 0.370 e. The summed E-state index contributed by atoms with van der Waals surface area (Å²) in [5.74, 6) is 5.57. The predicted octanol–water partition coefficient (Wildman–Crippen LogP) is 8.00. The highest BCUT2D eigenvalue weighted by molar-refractivity contribution is 5.79. The topological polar surface area (TPSA) is 26.3 Å². The molecular formula is C30H50O2. The normalized spacial score (nSPS) is 42.1. The van der Waals surface area contributed by atoms with E-state index >= 15 is 0 Å². The first kappa shape index (κ1) is 24.5. The van der Waals surface area contributed by atoms with E-state index in [1.807, 2.05) is 6.92 Å². The summed E-state index contributed by atoms with van der Waals surface area (Å²) in [5, 5.41) is 0. The number of fused-ring (bicyclic) bond motifs is 5. The average molecular weight is 443 g/mol. The molecule has 32 heavy (non-hydrogen) atoms. The van der Waals surface area contributed by atoms with E-state index in [-0.39, 0.29) is 11.9 Å². The lowest BCUT2D eigenvalue weighted by Gasteiger charge is -2.58. The van der Waals surface area contributed by atoms with Crippen molar-refractivity contribution in [2.75, 3.05) is 6.61 Å². The molecular weight excluding hydrogens is 392 g/mol. The molecule has 0 aromatic heterocycles. The number of Topliss-reactive ketones (excluding diaryl/α,β-unsaturated/α-hetero) is 1. The van der Waals surface area contributed by atoms with Gasteiger partial charge in [-0.1, -0.05) is 66.0 Å². The molecule has 1 unspecified atom stereocenters. The summed E-state index contributed by atoms with van der Waals surface area (Å²) in [7, 11) is 0. The number of hydrogen-bond donors (Lipinski definition) is 0. The van der Waals surface area contributed by atoms with Crippen LogP contribution in [0.3, 0.4) is 0 Å². The van der Waals surface area contributed by atoms with Gasteiger partial charge in [0.15, 0.2) is 5.78 Å². The Bertz CT molecular complexity index is 708. The highest BCUT2D eigenvalue weighted by Gasteiger charge is 2.59. The Morgan fingerprint density at radius 1 is 1.06 bits per heavy atom. The highest BCUT2D eigenvalue weighted by Crippen LogP contribution is 2.67. The molecule has 182 valence electrons. The average Bonchev–Trinajstić information content (AvgIpc) is 3.12. The van der Waals surface area contributed by atoms with Crippen LogP contribution in [-0.2, 0) is 9.53 Å². The van der Waals surface area contributed by atoms with Crippen LogP contribution in [0.5, 0.6) is 0 Å². The Kier molecular flexibility index (Phi) is 7.31. The minimum Gasteiger partial charge on any atom is -0.370 e. The molecule has 2 heteroatoms. The lowest BCUT2D eigenvalue weighted by molar-refractivity contribution is -0.126. The molecule has 0 saturated heterocycles. The summed E-state index contributed by atoms with van der Waals surface area (Å²) in [5.41, 5.74) is 2.61. The highest BCUT2D eigenvalue weighted by atomic mass is 16.5. The van der Waals surface area contributed by atoms with Crippen molar-refractivity contribution in [3.63, 3.8) is 0 Å². The quantitative estimate of drug-likeness (QED) is 0.356. The number of allylic oxidation sites excluding steroid dienone is 1. The molecule has 0 heterocycles. The lowest BCUT2D eigenvalue weighted by atomic mass is 9.47. The zero-order valence-corrected chi connectivity index (χ0v) is 21.9. The van der Waals surface area contributed by atoms with E-state index in [0.717, 1.165) is 48.3 Å². The fourth-order valence-electron chi connectivity index (χ4n) is 8.86. The van der Waals surface area contributed by atoms with Crippen LogP contribution in [0.2, 0.25) is 0 Å². The smallest absolute Gasteiger partial charge is 0.158 e. The Hall–Kier alpha value is -0.630. The molecule has 0 aromatic carbocycles. The number of hydrogen-bond acceptors (Lipinski definition) is 2. The van der Waals surface area contributed by atoms with Gasteiger partial charge in [0, 0.05) is 6.42 Å². The third kappa shape index (κ3) is 4.39. The van der Waals surface area contributed by atoms with Crippen molar-refractivity contribution in [2.45, 2.75) is 118 Å². The van der Waals surface area contributed by atoms with Crippen molar-refractivity contribution >= 4 is 5.78 Å². The SMILES string of the molecule is CCC(=O)CO[C@H]1CC[C@@]2(C)C(=CCC3[C@@H]4CC[C@H]([C@H](C)CCC(C)C)[C@@]4(C)CC[C@@H]32)C1. The minimum absolute atomic E-state index is 0.237. The van der Waals surface area contributed by atoms with Gasteiger partial charge in [-0.3, -0.25) is 4.79 Å². The first-order valence-corrected chi connectivity index (χ1v) is 14.0. The third-order valence-electron chi connectivity index (χ3n) is 10.9. The summed E-state index contributed by atoms with van der Waals surface area (Å²) >= 11 is 0. The van der Waals surface area contributed by atoms with Gasteiger partial charge in [0.2, 0.25) is 0 Å². The molecule has 0 amide bonds. The van der Waals surface area contributed by atoms with Gasteiger partial charge in [-0.05, 0) is 97.7 Å². The zero-order valence-electron chi connectivity index (χ0n) is 21.9. The van der Waals surface area contributed by atoms with E-state index in [2.05, 4.69) is 40.7 Å². The lowest BCUT2D eigenvalue weighted by Crippen LogP contribution is -2.51. The van der Waals surface area contributed by atoms with Gasteiger partial charge in [0.25, 0.3) is 0 Å². The van der Waals surface area contributed by atoms with Gasteiger partial charge in [-0.2, -0.15) is 0 Å². The van der Waals surface area contributed by atoms with Crippen molar-refractivity contribution in [1.29, 1.82) is 0 Å². The molecule has 4 aliphatic carbocycles. The van der Waals surface area contributed by atoms with Gasteiger partial charge < -0.3 is 4.74 Å². The van der Waals surface area contributed by atoms with Crippen molar-refractivity contribution in [2.24, 2.45) is 46.3 Å². The van der Waals surface area contributed by atoms with Crippen LogP contribution in [0, 0.1) is 46.3 Å². The second-order valence-corrected chi connectivity index (χ2v) is 13.0. The van der Waals surface area contributed by atoms with Gasteiger partial charge >= 0.3 is 0 Å². The van der Waals surface area contributed by atoms with Gasteiger partial charge in [-0.25, -0.2) is 0 Å². The van der Waals surface area contributed by atoms with Gasteiger partial charge in [-0.15, -0.1) is 0 Å². The molecule has 3 fully saturated rings. The van der Waals surface area contributed by atoms with E-state index < -0.39 is 0 Å². The van der Waals surface area contributed by atoms with E-state index in [9.17, 15) is 4.79 Å². The molecule has 0 bridgehead atoms. The Morgan fingerprint density at radius 3 is 2.56 bits per heavy atom. The van der Waals surface area contributed by atoms with Crippen LogP contribution >= 0.6 is 0 Å². The summed E-state index contributed by atoms with van der Waals surface area (Å²) in [6, 6.07) is 0. The van der Waals surface area contributed by atoms with Crippen LogP contribution in [0.25, 0.3) is 0 Å². The number of ketones is 1. The fourth-order valence-corrected chi connectivity index (χ4v) is 8.86. The van der Waals surface area contributed by atoms with Crippen molar-refractivity contribution in [3.05, 3.63) is 11.6 Å². The van der Waals surface area contributed by atoms with E-state index in [0.29, 0.717) is 23.9 Å². The maximum absolute atomic E-state index is 11.7. The Labute approximate surface area is 198 Å². The molecule has 0 aromatic rings. The Morgan fingerprint density at radius 2 is 1.84 bits per heavy atom. The first-order valence-electron chi connectivity index (χ1n) is 14.0. The van der Waals surface area contributed by atoms with E-state index in [1.165, 1.54) is 51.4 Å². The monoisotopic (exact) mass is 442 g/mol. The number of rotatable bonds is 8. The predicted molar refractivity (Wildman–Crippen MR) is 133 cm³/mol. The van der Waals surface area contributed by atoms with Crippen molar-refractivity contribution in [3.8, 4) is 0 Å². The number of carbonyl (C=O) groups is 1. The van der Waals surface area contributed by atoms with Crippen LogP contribution < -0.4 is 0 Å². The van der Waals surface area contributed by atoms with E-state index in [4.69, 9.17) is 4.74 Å². The maximum Gasteiger partial charge on any atom is 0.158 e. The van der Waals surface area contributed by atoms with Crippen molar-refractivity contribution in [1.82, 2.24) is 0 Å². The fraction of sp³-hybridized carbons (Fsp3) is 0.900. The number of ether oxygens (including phenoxy) is 1. The molecule has 8 atom stereocenters. The molecule has 4 rings (SSSR count). The standard InChI is InChI=1S/C30H50O2/c1-7-23(31)19-32-24-14-16-29(5)22(18-24)10-11-25-27-13-12-26(21(4)9-8-20(2)3)30(27,6)17-15-28(25)29/h10,20-21,24-28H,7-9,11-19H2,1-6H3/t21-,24+,25?,26-,27+,28+,29+,30-/m1/s1. The summed E-state index contributed by atoms with van der Waals surface area (Å²) in [4.78, 5) is 11.7. The van der Waals surface area contributed by atoms with Gasteiger partial charge in [0.1, 0.15) is 6.61 Å².